The van der Waals surface area contributed by atoms with E-state index in [0.29, 0.717) is 52.7 Å². The van der Waals surface area contributed by atoms with Crippen LogP contribution in [0, 0.1) is 5.82 Å². The van der Waals surface area contributed by atoms with Crippen molar-refractivity contribution < 1.29 is 19.0 Å². The highest BCUT2D eigenvalue weighted by atomic mass is 35.5. The topological polar surface area (TPSA) is 58.6 Å². The van der Waals surface area contributed by atoms with Gasteiger partial charge < -0.3 is 15.2 Å². The zero-order valence-corrected chi connectivity index (χ0v) is 17.0. The van der Waals surface area contributed by atoms with Gasteiger partial charge in [-0.15, -0.1) is 0 Å². The van der Waals surface area contributed by atoms with Crippen molar-refractivity contribution in [3.63, 3.8) is 0 Å². The zero-order valence-electron chi connectivity index (χ0n) is 15.5. The molecule has 0 bridgehead atoms. The van der Waals surface area contributed by atoms with E-state index in [-0.39, 0.29) is 24.2 Å². The van der Waals surface area contributed by atoms with E-state index in [1.807, 2.05) is 0 Å². The number of aliphatic hydroxyl groups is 1. The lowest BCUT2D eigenvalue weighted by molar-refractivity contribution is -0.122. The van der Waals surface area contributed by atoms with Crippen molar-refractivity contribution in [3.05, 3.63) is 51.8 Å². The highest BCUT2D eigenvalue weighted by Crippen LogP contribution is 2.44. The van der Waals surface area contributed by atoms with Crippen LogP contribution in [-0.2, 0) is 11.2 Å². The van der Waals surface area contributed by atoms with Gasteiger partial charge in [-0.25, -0.2) is 4.39 Å². The molecule has 2 atom stereocenters. The summed E-state index contributed by atoms with van der Waals surface area (Å²) in [6, 6.07) is 7.95. The standard InChI is InChI=1S/C21H22Cl2FNO3/c1-12(26)5-8-19(27)25-11-15-7-6-13-9-14(24)10-16(21(13)28-15)20-17(22)3-2-4-18(20)23/h2-4,9-10,12,15,26H,5-8,11H2,1H3,(H,25,27). The predicted octanol–water partition coefficient (Wildman–Crippen LogP) is 4.77. The maximum atomic E-state index is 14.2. The number of aryl methyl sites for hydroxylation is 1. The molecule has 2 unspecified atom stereocenters. The first-order valence-corrected chi connectivity index (χ1v) is 9.99. The van der Waals surface area contributed by atoms with Gasteiger partial charge in [0.25, 0.3) is 0 Å². The number of halogens is 3. The van der Waals surface area contributed by atoms with Crippen LogP contribution in [-0.4, -0.2) is 29.8 Å². The van der Waals surface area contributed by atoms with Gasteiger partial charge in [0.1, 0.15) is 17.7 Å². The van der Waals surface area contributed by atoms with Crippen LogP contribution >= 0.6 is 23.2 Å². The molecule has 0 aromatic heterocycles. The lowest BCUT2D eigenvalue weighted by Crippen LogP contribution is -2.37. The van der Waals surface area contributed by atoms with Crippen molar-refractivity contribution in [2.45, 2.75) is 44.8 Å². The first-order chi connectivity index (χ1) is 13.3. The smallest absolute Gasteiger partial charge is 0.220 e. The number of carbonyl (C=O) groups excluding carboxylic acids is 1. The summed E-state index contributed by atoms with van der Waals surface area (Å²) < 4.78 is 20.3. The largest absolute Gasteiger partial charge is 0.488 e. The molecular weight excluding hydrogens is 404 g/mol. The third kappa shape index (κ3) is 4.96. The Morgan fingerprint density at radius 3 is 2.75 bits per heavy atom. The fourth-order valence-corrected chi connectivity index (χ4v) is 3.86. The summed E-state index contributed by atoms with van der Waals surface area (Å²) in [6.45, 7) is 1.99. The molecule has 28 heavy (non-hydrogen) atoms. The van der Waals surface area contributed by atoms with Crippen molar-refractivity contribution in [1.82, 2.24) is 5.32 Å². The van der Waals surface area contributed by atoms with Crippen molar-refractivity contribution in [2.24, 2.45) is 0 Å². The molecule has 1 aliphatic rings. The molecule has 3 rings (SSSR count). The fourth-order valence-electron chi connectivity index (χ4n) is 3.26. The molecule has 0 fully saturated rings. The van der Waals surface area contributed by atoms with Crippen LogP contribution in [0.1, 0.15) is 31.7 Å². The van der Waals surface area contributed by atoms with Gasteiger partial charge in [0.2, 0.25) is 5.91 Å². The van der Waals surface area contributed by atoms with Crippen molar-refractivity contribution in [2.75, 3.05) is 6.54 Å². The van der Waals surface area contributed by atoms with Gasteiger partial charge in [0, 0.05) is 17.5 Å². The van der Waals surface area contributed by atoms with E-state index in [4.69, 9.17) is 27.9 Å². The second-order valence-corrected chi connectivity index (χ2v) is 7.82. The van der Waals surface area contributed by atoms with Crippen molar-refractivity contribution in [1.29, 1.82) is 0 Å². The zero-order chi connectivity index (χ0) is 20.3. The predicted molar refractivity (Wildman–Crippen MR) is 109 cm³/mol. The molecule has 2 N–H and O–H groups in total. The Labute approximate surface area is 173 Å². The number of hydrogen-bond acceptors (Lipinski definition) is 3. The van der Waals surface area contributed by atoms with Crippen LogP contribution in [0.2, 0.25) is 10.0 Å². The van der Waals surface area contributed by atoms with Gasteiger partial charge in [0.15, 0.2) is 0 Å². The van der Waals surface area contributed by atoms with Gasteiger partial charge in [-0.05, 0) is 56.0 Å². The summed E-state index contributed by atoms with van der Waals surface area (Å²) >= 11 is 12.6. The molecule has 2 aromatic carbocycles. The average molecular weight is 426 g/mol. The number of hydrogen-bond donors (Lipinski definition) is 2. The van der Waals surface area contributed by atoms with Gasteiger partial charge >= 0.3 is 0 Å². The van der Waals surface area contributed by atoms with Gasteiger partial charge in [0.05, 0.1) is 22.7 Å². The summed E-state index contributed by atoms with van der Waals surface area (Å²) in [7, 11) is 0. The molecule has 0 radical (unpaired) electrons. The number of aliphatic hydroxyl groups excluding tert-OH is 1. The lowest BCUT2D eigenvalue weighted by atomic mass is 9.95. The molecule has 150 valence electrons. The van der Waals surface area contributed by atoms with Gasteiger partial charge in [-0.2, -0.15) is 0 Å². The third-order valence-electron chi connectivity index (χ3n) is 4.70. The number of amides is 1. The number of ether oxygens (including phenoxy) is 1. The van der Waals surface area contributed by atoms with Crippen LogP contribution in [0.3, 0.4) is 0 Å². The Morgan fingerprint density at radius 1 is 1.36 bits per heavy atom. The SMILES string of the molecule is CC(O)CCC(=O)NCC1CCc2cc(F)cc(-c3c(Cl)cccc3Cl)c2O1. The maximum absolute atomic E-state index is 14.2. The second kappa shape index (κ2) is 9.12. The highest BCUT2D eigenvalue weighted by molar-refractivity contribution is 6.39. The molecule has 7 heteroatoms. The van der Waals surface area contributed by atoms with E-state index in [9.17, 15) is 14.3 Å². The van der Waals surface area contributed by atoms with E-state index in [0.717, 1.165) is 5.56 Å². The first kappa shape index (κ1) is 20.9. The Hall–Kier alpha value is -1.82. The minimum atomic E-state index is -0.513. The molecule has 1 amide bonds. The van der Waals surface area contributed by atoms with Crippen LogP contribution in [0.15, 0.2) is 30.3 Å². The number of nitrogens with one attached hydrogen (secondary N) is 1. The second-order valence-electron chi connectivity index (χ2n) is 7.01. The van der Waals surface area contributed by atoms with Crippen LogP contribution < -0.4 is 10.1 Å². The molecule has 0 spiro atoms. The van der Waals surface area contributed by atoms with Crippen molar-refractivity contribution in [3.8, 4) is 16.9 Å². The molecule has 4 nitrogen and oxygen atoms in total. The minimum absolute atomic E-state index is 0.135. The Kier molecular flexibility index (Phi) is 6.81. The molecular formula is C21H22Cl2FNO3. The number of rotatable bonds is 6. The van der Waals surface area contributed by atoms with E-state index in [1.165, 1.54) is 12.1 Å². The quantitative estimate of drug-likeness (QED) is 0.700. The summed E-state index contributed by atoms with van der Waals surface area (Å²) in [4.78, 5) is 11.9. The summed E-state index contributed by atoms with van der Waals surface area (Å²) in [5.41, 5.74) is 1.79. The summed E-state index contributed by atoms with van der Waals surface area (Å²) in [5.74, 6) is 0.0351. The molecule has 0 saturated heterocycles. The van der Waals surface area contributed by atoms with Crippen LogP contribution in [0.4, 0.5) is 4.39 Å². The summed E-state index contributed by atoms with van der Waals surface area (Å²) in [5, 5.41) is 12.9. The molecule has 1 heterocycles. The Morgan fingerprint density at radius 2 is 2.07 bits per heavy atom. The normalized spacial score (nSPS) is 16.8. The van der Waals surface area contributed by atoms with Gasteiger partial charge in [-0.1, -0.05) is 29.3 Å². The number of carbonyl (C=O) groups is 1. The summed E-state index contributed by atoms with van der Waals surface area (Å²) in [6.07, 6.45) is 1.19. The van der Waals surface area contributed by atoms with E-state index < -0.39 is 6.10 Å². The molecule has 0 aliphatic carbocycles. The lowest BCUT2D eigenvalue weighted by Gasteiger charge is -2.29. The van der Waals surface area contributed by atoms with E-state index in [1.54, 1.807) is 25.1 Å². The minimum Gasteiger partial charge on any atom is -0.488 e. The Bertz CT molecular complexity index is 853. The van der Waals surface area contributed by atoms with Crippen molar-refractivity contribution >= 4 is 29.1 Å². The molecule has 0 saturated carbocycles. The highest BCUT2D eigenvalue weighted by Gasteiger charge is 2.26. The number of fused-ring (bicyclic) bond motifs is 1. The fraction of sp³-hybridized carbons (Fsp3) is 0.381. The Balaban J connectivity index is 1.80. The monoisotopic (exact) mass is 425 g/mol. The van der Waals surface area contributed by atoms with E-state index >= 15 is 0 Å². The number of benzene rings is 2. The molecule has 1 aliphatic heterocycles. The third-order valence-corrected chi connectivity index (χ3v) is 5.33. The average Bonchev–Trinajstić information content (AvgIpc) is 2.64. The maximum Gasteiger partial charge on any atom is 0.220 e. The van der Waals surface area contributed by atoms with E-state index in [2.05, 4.69) is 5.32 Å². The molecule has 2 aromatic rings. The van der Waals surface area contributed by atoms with Crippen LogP contribution in [0.25, 0.3) is 11.1 Å². The van der Waals surface area contributed by atoms with Crippen LogP contribution in [0.5, 0.6) is 5.75 Å². The van der Waals surface area contributed by atoms with Gasteiger partial charge in [-0.3, -0.25) is 4.79 Å². The first-order valence-electron chi connectivity index (χ1n) is 9.23.